The monoisotopic (exact) mass is 438 g/mol. The highest BCUT2D eigenvalue weighted by atomic mass is 19.4. The minimum atomic E-state index is -4.69. The minimum absolute atomic E-state index is 0.122. The lowest BCUT2D eigenvalue weighted by atomic mass is 10.1. The third kappa shape index (κ3) is 4.60. The highest BCUT2D eigenvalue weighted by Crippen LogP contribution is 2.52. The number of hydrogen-bond acceptors (Lipinski definition) is 3. The molecular weight excluding hydrogens is 413 g/mol. The van der Waals surface area contributed by atoms with Crippen LogP contribution in [0.25, 0.3) is 0 Å². The third-order valence-electron chi connectivity index (χ3n) is 6.46. The lowest BCUT2D eigenvalue weighted by Gasteiger charge is -2.29. The van der Waals surface area contributed by atoms with Crippen LogP contribution in [-0.2, 0) is 13.1 Å². The molecule has 3 aromatic carbocycles. The maximum absolute atomic E-state index is 12.8. The van der Waals surface area contributed by atoms with Gasteiger partial charge >= 0.3 is 6.36 Å². The Hall–Kier alpha value is -2.99. The molecule has 1 saturated heterocycles. The summed E-state index contributed by atoms with van der Waals surface area (Å²) in [5, 5.41) is 0. The van der Waals surface area contributed by atoms with Crippen LogP contribution in [0.1, 0.15) is 11.1 Å². The number of ether oxygens (including phenoxy) is 1. The van der Waals surface area contributed by atoms with Crippen molar-refractivity contribution in [3.8, 4) is 5.75 Å². The van der Waals surface area contributed by atoms with Crippen molar-refractivity contribution in [1.29, 1.82) is 0 Å². The fourth-order valence-electron chi connectivity index (χ4n) is 5.07. The van der Waals surface area contributed by atoms with Gasteiger partial charge in [-0.25, -0.2) is 0 Å². The Morgan fingerprint density at radius 2 is 1.25 bits per heavy atom. The van der Waals surface area contributed by atoms with Crippen molar-refractivity contribution >= 4 is 5.69 Å². The van der Waals surface area contributed by atoms with E-state index in [1.807, 2.05) is 17.0 Å². The second-order valence-electron chi connectivity index (χ2n) is 8.61. The maximum atomic E-state index is 12.8. The molecule has 3 nitrogen and oxygen atoms in total. The van der Waals surface area contributed by atoms with Gasteiger partial charge < -0.3 is 9.64 Å². The fraction of sp³-hybridized carbons (Fsp3) is 0.308. The van der Waals surface area contributed by atoms with Crippen molar-refractivity contribution in [3.05, 3.63) is 96.1 Å². The molecule has 3 atom stereocenters. The summed E-state index contributed by atoms with van der Waals surface area (Å²) in [6, 6.07) is 27.7. The molecule has 166 valence electrons. The van der Waals surface area contributed by atoms with E-state index in [9.17, 15) is 13.2 Å². The van der Waals surface area contributed by atoms with Crippen molar-refractivity contribution in [2.24, 2.45) is 11.8 Å². The summed E-state index contributed by atoms with van der Waals surface area (Å²) >= 11 is 0. The molecule has 2 fully saturated rings. The van der Waals surface area contributed by atoms with Gasteiger partial charge in [-0.3, -0.25) is 4.90 Å². The molecule has 5 rings (SSSR count). The van der Waals surface area contributed by atoms with Crippen LogP contribution in [-0.4, -0.2) is 30.4 Å². The average Bonchev–Trinajstić information content (AvgIpc) is 3.27. The summed E-state index contributed by atoms with van der Waals surface area (Å²) in [5.74, 6) is 0.769. The molecule has 32 heavy (non-hydrogen) atoms. The zero-order valence-electron chi connectivity index (χ0n) is 17.6. The molecule has 1 heterocycles. The van der Waals surface area contributed by atoms with E-state index in [-0.39, 0.29) is 5.75 Å². The highest BCUT2D eigenvalue weighted by Gasteiger charge is 2.58. The molecule has 2 aliphatic rings. The molecule has 1 aliphatic carbocycles. The lowest BCUT2D eigenvalue weighted by Crippen LogP contribution is -2.34. The van der Waals surface area contributed by atoms with E-state index in [1.54, 1.807) is 18.2 Å². The molecule has 1 aliphatic heterocycles. The van der Waals surface area contributed by atoms with Crippen molar-refractivity contribution < 1.29 is 17.9 Å². The smallest absolute Gasteiger partial charge is 0.404 e. The van der Waals surface area contributed by atoms with Crippen molar-refractivity contribution in [1.82, 2.24) is 4.90 Å². The largest absolute Gasteiger partial charge is 0.573 e. The summed E-state index contributed by atoms with van der Waals surface area (Å²) in [6.45, 7) is 3.21. The summed E-state index contributed by atoms with van der Waals surface area (Å²) in [5.41, 5.74) is 3.07. The van der Waals surface area contributed by atoms with Gasteiger partial charge in [0.25, 0.3) is 0 Å². The van der Waals surface area contributed by atoms with E-state index in [4.69, 9.17) is 0 Å². The first kappa shape index (κ1) is 20.9. The first-order chi connectivity index (χ1) is 15.5. The van der Waals surface area contributed by atoms with E-state index in [1.165, 1.54) is 17.2 Å². The van der Waals surface area contributed by atoms with Gasteiger partial charge in [-0.05, 0) is 35.1 Å². The normalized spacial score (nSPS) is 22.1. The zero-order chi connectivity index (χ0) is 22.1. The number of anilines is 1. The van der Waals surface area contributed by atoms with E-state index >= 15 is 0 Å². The number of nitrogens with zero attached hydrogens (tertiary/aromatic N) is 2. The summed E-state index contributed by atoms with van der Waals surface area (Å²) in [7, 11) is 0. The van der Waals surface area contributed by atoms with Crippen LogP contribution in [0.3, 0.4) is 0 Å². The Bertz CT molecular complexity index is 988. The van der Waals surface area contributed by atoms with Gasteiger partial charge in [0.05, 0.1) is 5.69 Å². The first-order valence-corrected chi connectivity index (χ1v) is 10.9. The van der Waals surface area contributed by atoms with Gasteiger partial charge in [0.1, 0.15) is 0 Å². The Kier molecular flexibility index (Phi) is 5.55. The Balaban J connectivity index is 1.30. The predicted molar refractivity (Wildman–Crippen MR) is 118 cm³/mol. The number of alkyl halides is 3. The van der Waals surface area contributed by atoms with Crippen LogP contribution in [0.4, 0.5) is 18.9 Å². The fourth-order valence-corrected chi connectivity index (χ4v) is 5.07. The number of rotatable bonds is 7. The van der Waals surface area contributed by atoms with Crippen molar-refractivity contribution in [3.63, 3.8) is 0 Å². The number of benzene rings is 3. The van der Waals surface area contributed by atoms with Crippen LogP contribution in [0.2, 0.25) is 0 Å². The number of fused-ring (bicyclic) bond motifs is 1. The Morgan fingerprint density at radius 1 is 0.750 bits per heavy atom. The van der Waals surface area contributed by atoms with Gasteiger partial charge in [-0.2, -0.15) is 0 Å². The zero-order valence-corrected chi connectivity index (χ0v) is 17.6. The molecular formula is C26H25F3N2O. The second kappa shape index (κ2) is 8.51. The maximum Gasteiger partial charge on any atom is 0.573 e. The van der Waals surface area contributed by atoms with E-state index < -0.39 is 6.36 Å². The van der Waals surface area contributed by atoms with E-state index in [0.717, 1.165) is 26.2 Å². The molecule has 0 spiro atoms. The molecule has 0 N–H and O–H groups in total. The van der Waals surface area contributed by atoms with Crippen LogP contribution in [0.15, 0.2) is 84.9 Å². The van der Waals surface area contributed by atoms with Crippen LogP contribution < -0.4 is 9.64 Å². The third-order valence-corrected chi connectivity index (χ3v) is 6.46. The predicted octanol–water partition coefficient (Wildman–Crippen LogP) is 5.72. The number of piperidine rings is 1. The first-order valence-electron chi connectivity index (χ1n) is 10.9. The Morgan fingerprint density at radius 3 is 1.78 bits per heavy atom. The van der Waals surface area contributed by atoms with Gasteiger partial charge in [-0.1, -0.05) is 72.8 Å². The molecule has 0 amide bonds. The summed E-state index contributed by atoms with van der Waals surface area (Å²) in [6.07, 6.45) is -4.69. The second-order valence-corrected chi connectivity index (χ2v) is 8.61. The topological polar surface area (TPSA) is 15.7 Å². The van der Waals surface area contributed by atoms with E-state index in [0.29, 0.717) is 23.6 Å². The van der Waals surface area contributed by atoms with Gasteiger partial charge in [0, 0.05) is 32.2 Å². The van der Waals surface area contributed by atoms with Crippen molar-refractivity contribution in [2.75, 3.05) is 18.0 Å². The van der Waals surface area contributed by atoms with Crippen LogP contribution in [0.5, 0.6) is 5.75 Å². The molecule has 0 bridgehead atoms. The van der Waals surface area contributed by atoms with Crippen LogP contribution >= 0.6 is 0 Å². The average molecular weight is 438 g/mol. The number of hydrogen-bond donors (Lipinski definition) is 0. The minimum Gasteiger partial charge on any atom is -0.404 e. The molecule has 3 aromatic rings. The standard InChI is InChI=1S/C26H25F3N2O/c27-26(28,29)32-24-14-8-7-13-23(24)30-17-21-22(18-30)25(21)31(15-19-9-3-1-4-10-19)16-20-11-5-2-6-12-20/h1-14,21-22,25H,15-18H2/t21-,22?,25?/m0/s1. The molecule has 1 saturated carbocycles. The van der Waals surface area contributed by atoms with Gasteiger partial charge in [0.2, 0.25) is 0 Å². The number of halogens is 3. The molecule has 0 aromatic heterocycles. The van der Waals surface area contributed by atoms with Crippen molar-refractivity contribution in [2.45, 2.75) is 25.5 Å². The van der Waals surface area contributed by atoms with Crippen LogP contribution in [0, 0.1) is 11.8 Å². The van der Waals surface area contributed by atoms with Gasteiger partial charge in [0.15, 0.2) is 5.75 Å². The summed E-state index contributed by atoms with van der Waals surface area (Å²) < 4.78 is 42.8. The quantitative estimate of drug-likeness (QED) is 0.469. The lowest BCUT2D eigenvalue weighted by molar-refractivity contribution is -0.274. The Labute approximate surface area is 186 Å². The molecule has 2 unspecified atom stereocenters. The highest BCUT2D eigenvalue weighted by molar-refractivity contribution is 5.60. The number of para-hydroxylation sites is 2. The van der Waals surface area contributed by atoms with E-state index in [2.05, 4.69) is 58.2 Å². The summed E-state index contributed by atoms with van der Waals surface area (Å²) in [4.78, 5) is 4.56. The SMILES string of the molecule is FC(F)(F)Oc1ccccc1N1CC2C(N(Cc3ccccc3)Cc3ccccc3)[C@H]2C1. The molecule has 0 radical (unpaired) electrons. The molecule has 6 heteroatoms. The van der Waals surface area contributed by atoms with Gasteiger partial charge in [-0.15, -0.1) is 13.2 Å².